The van der Waals surface area contributed by atoms with Crippen molar-refractivity contribution in [1.82, 2.24) is 14.9 Å². The molecule has 0 saturated heterocycles. The van der Waals surface area contributed by atoms with Gasteiger partial charge in [0.1, 0.15) is 11.6 Å². The van der Waals surface area contributed by atoms with Crippen LogP contribution in [0.2, 0.25) is 5.02 Å². The molecule has 1 aromatic heterocycles. The Kier molecular flexibility index (Phi) is 4.69. The van der Waals surface area contributed by atoms with Gasteiger partial charge in [0.05, 0.1) is 12.2 Å². The third kappa shape index (κ3) is 3.93. The maximum absolute atomic E-state index is 12.7. The molecule has 0 spiro atoms. The van der Waals surface area contributed by atoms with Crippen LogP contribution in [-0.4, -0.2) is 26.9 Å². The summed E-state index contributed by atoms with van der Waals surface area (Å²) in [7, 11) is 0. The van der Waals surface area contributed by atoms with E-state index in [1.807, 2.05) is 6.20 Å². The van der Waals surface area contributed by atoms with E-state index in [2.05, 4.69) is 30.7 Å². The zero-order chi connectivity index (χ0) is 18.2. The van der Waals surface area contributed by atoms with Crippen LogP contribution in [0.1, 0.15) is 44.8 Å². The summed E-state index contributed by atoms with van der Waals surface area (Å²) < 4.78 is 5.73. The van der Waals surface area contributed by atoms with Crippen molar-refractivity contribution < 1.29 is 9.53 Å². The molecule has 132 valence electrons. The van der Waals surface area contributed by atoms with E-state index in [9.17, 15) is 4.79 Å². The van der Waals surface area contributed by atoms with Gasteiger partial charge in [-0.25, -0.2) is 9.97 Å². The Hall–Kier alpha value is -2.14. The Balaban J connectivity index is 1.69. The molecule has 0 radical (unpaired) electrons. The van der Waals surface area contributed by atoms with Crippen LogP contribution in [0, 0.1) is 0 Å². The lowest BCUT2D eigenvalue weighted by Gasteiger charge is -2.21. The van der Waals surface area contributed by atoms with E-state index in [4.69, 9.17) is 16.3 Å². The summed E-state index contributed by atoms with van der Waals surface area (Å²) in [4.78, 5) is 23.5. The Morgan fingerprint density at radius 3 is 2.76 bits per heavy atom. The van der Waals surface area contributed by atoms with Crippen LogP contribution in [0.5, 0.6) is 5.75 Å². The van der Waals surface area contributed by atoms with Gasteiger partial charge >= 0.3 is 0 Å². The molecule has 5 nitrogen and oxygen atoms in total. The molecule has 0 aliphatic carbocycles. The molecular weight excluding hydrogens is 338 g/mol. The molecule has 1 amide bonds. The number of amides is 1. The van der Waals surface area contributed by atoms with Gasteiger partial charge in [-0.3, -0.25) is 4.79 Å². The van der Waals surface area contributed by atoms with Gasteiger partial charge in [-0.2, -0.15) is 0 Å². The van der Waals surface area contributed by atoms with Gasteiger partial charge in [0.2, 0.25) is 0 Å². The molecule has 6 heteroatoms. The highest BCUT2D eigenvalue weighted by molar-refractivity contribution is 6.30. The maximum atomic E-state index is 12.7. The second-order valence-corrected chi connectivity index (χ2v) is 7.76. The summed E-state index contributed by atoms with van der Waals surface area (Å²) in [5.74, 6) is 1.30. The van der Waals surface area contributed by atoms with Crippen molar-refractivity contribution in [2.24, 2.45) is 0 Å². The molecule has 25 heavy (non-hydrogen) atoms. The zero-order valence-electron chi connectivity index (χ0n) is 14.9. The van der Waals surface area contributed by atoms with Gasteiger partial charge in [0, 0.05) is 28.7 Å². The topological polar surface area (TPSA) is 55.3 Å². The Bertz CT molecular complexity index is 801. The summed E-state index contributed by atoms with van der Waals surface area (Å²) >= 11 is 5.96. The number of rotatable bonds is 3. The second-order valence-electron chi connectivity index (χ2n) is 7.33. The Morgan fingerprint density at radius 2 is 2.08 bits per heavy atom. The van der Waals surface area contributed by atoms with Crippen molar-refractivity contribution in [3.8, 4) is 5.75 Å². The summed E-state index contributed by atoms with van der Waals surface area (Å²) in [6.45, 7) is 8.98. The molecule has 3 rings (SSSR count). The maximum Gasteiger partial charge on any atom is 0.264 e. The first-order chi connectivity index (χ1) is 11.7. The van der Waals surface area contributed by atoms with E-state index in [-0.39, 0.29) is 11.3 Å². The van der Waals surface area contributed by atoms with Crippen LogP contribution in [-0.2, 0) is 23.3 Å². The van der Waals surface area contributed by atoms with Gasteiger partial charge in [-0.05, 0) is 25.1 Å². The molecule has 0 fully saturated rings. The van der Waals surface area contributed by atoms with E-state index in [0.717, 1.165) is 17.1 Å². The van der Waals surface area contributed by atoms with E-state index >= 15 is 0 Å². The first-order valence-electron chi connectivity index (χ1n) is 8.30. The number of ether oxygens (including phenoxy) is 1. The van der Waals surface area contributed by atoms with Gasteiger partial charge in [-0.15, -0.1) is 0 Å². The normalized spacial score (nSPS) is 15.0. The molecule has 1 aliphatic rings. The Morgan fingerprint density at radius 1 is 1.32 bits per heavy atom. The fourth-order valence-electron chi connectivity index (χ4n) is 2.72. The summed E-state index contributed by atoms with van der Waals surface area (Å²) in [6.07, 6.45) is 1.24. The van der Waals surface area contributed by atoms with E-state index in [1.54, 1.807) is 36.1 Å². The number of carbonyl (C=O) groups excluding carboxylic acids is 1. The highest BCUT2D eigenvalue weighted by Crippen LogP contribution is 2.26. The van der Waals surface area contributed by atoms with Crippen LogP contribution >= 0.6 is 11.6 Å². The van der Waals surface area contributed by atoms with Crippen molar-refractivity contribution >= 4 is 17.5 Å². The van der Waals surface area contributed by atoms with Gasteiger partial charge in [0.15, 0.2) is 6.10 Å². The molecule has 2 aromatic rings. The summed E-state index contributed by atoms with van der Waals surface area (Å²) in [6, 6.07) is 7.05. The van der Waals surface area contributed by atoms with Gasteiger partial charge < -0.3 is 9.64 Å². The molecule has 1 unspecified atom stereocenters. The third-order valence-corrected chi connectivity index (χ3v) is 4.33. The van der Waals surface area contributed by atoms with Crippen molar-refractivity contribution in [1.29, 1.82) is 0 Å². The predicted octanol–water partition coefficient (Wildman–Crippen LogP) is 3.74. The van der Waals surface area contributed by atoms with Crippen LogP contribution in [0.25, 0.3) is 0 Å². The van der Waals surface area contributed by atoms with Crippen molar-refractivity contribution in [2.75, 3.05) is 0 Å². The van der Waals surface area contributed by atoms with E-state index < -0.39 is 6.10 Å². The average molecular weight is 360 g/mol. The minimum atomic E-state index is -0.595. The van der Waals surface area contributed by atoms with E-state index in [1.165, 1.54) is 0 Å². The minimum absolute atomic E-state index is 0.0738. The van der Waals surface area contributed by atoms with Crippen LogP contribution < -0.4 is 4.74 Å². The first-order valence-corrected chi connectivity index (χ1v) is 8.68. The lowest BCUT2D eigenvalue weighted by atomic mass is 9.95. The monoisotopic (exact) mass is 359 g/mol. The van der Waals surface area contributed by atoms with Crippen LogP contribution in [0.3, 0.4) is 0 Å². The first kappa shape index (κ1) is 17.7. The van der Waals surface area contributed by atoms with Gasteiger partial charge in [0.25, 0.3) is 5.91 Å². The molecular formula is C19H22ClN3O2. The van der Waals surface area contributed by atoms with Crippen LogP contribution in [0.15, 0.2) is 30.5 Å². The summed E-state index contributed by atoms with van der Waals surface area (Å²) in [5.41, 5.74) is 1.80. The average Bonchev–Trinajstić information content (AvgIpc) is 2.96. The lowest BCUT2D eigenvalue weighted by molar-refractivity contribution is -0.138. The highest BCUT2D eigenvalue weighted by atomic mass is 35.5. The summed E-state index contributed by atoms with van der Waals surface area (Å²) in [5, 5.41) is 0.579. The number of nitrogens with zero attached hydrogens (tertiary/aromatic N) is 3. The zero-order valence-corrected chi connectivity index (χ0v) is 15.7. The quantitative estimate of drug-likeness (QED) is 0.837. The van der Waals surface area contributed by atoms with Crippen molar-refractivity contribution in [3.05, 3.63) is 52.6 Å². The number of carbonyl (C=O) groups is 1. The minimum Gasteiger partial charge on any atom is -0.481 e. The fourth-order valence-corrected chi connectivity index (χ4v) is 2.90. The van der Waals surface area contributed by atoms with Crippen molar-refractivity contribution in [2.45, 2.75) is 52.3 Å². The molecule has 0 bridgehead atoms. The molecule has 1 aliphatic heterocycles. The molecule has 0 N–H and O–H groups in total. The fraction of sp³-hybridized carbons (Fsp3) is 0.421. The molecule has 0 saturated carbocycles. The number of halogens is 1. The lowest BCUT2D eigenvalue weighted by Crippen LogP contribution is -2.37. The Labute approximate surface area is 153 Å². The standard InChI is InChI=1S/C19H22ClN3O2/c1-12(25-15-7-5-6-14(20)8-15)17(24)23-10-13-9-21-18(19(2,3)4)22-16(13)11-23/h5-9,12H,10-11H2,1-4H3. The number of hydrogen-bond acceptors (Lipinski definition) is 4. The smallest absolute Gasteiger partial charge is 0.264 e. The second kappa shape index (κ2) is 6.64. The number of hydrogen-bond donors (Lipinski definition) is 0. The highest BCUT2D eigenvalue weighted by Gasteiger charge is 2.30. The number of aromatic nitrogens is 2. The number of fused-ring (bicyclic) bond motifs is 1. The molecule has 1 aromatic carbocycles. The molecule has 1 atom stereocenters. The van der Waals surface area contributed by atoms with Gasteiger partial charge in [-0.1, -0.05) is 38.4 Å². The van der Waals surface area contributed by atoms with Crippen LogP contribution in [0.4, 0.5) is 0 Å². The molecule has 2 heterocycles. The third-order valence-electron chi connectivity index (χ3n) is 4.10. The van der Waals surface area contributed by atoms with E-state index in [0.29, 0.717) is 23.9 Å². The number of benzene rings is 1. The largest absolute Gasteiger partial charge is 0.481 e. The SMILES string of the molecule is CC(Oc1cccc(Cl)c1)C(=O)N1Cc2cnc(C(C)(C)C)nc2C1. The van der Waals surface area contributed by atoms with Crippen molar-refractivity contribution in [3.63, 3.8) is 0 Å². The predicted molar refractivity (Wildman–Crippen MR) is 96.5 cm³/mol.